The summed E-state index contributed by atoms with van der Waals surface area (Å²) in [6, 6.07) is 2.46. The van der Waals surface area contributed by atoms with E-state index in [-0.39, 0.29) is 5.56 Å². The molecular weight excluding hydrogens is 224 g/mol. The molecule has 0 heterocycles. The molecule has 1 unspecified atom stereocenters. The molecule has 0 aliphatic heterocycles. The first-order chi connectivity index (χ1) is 7.99. The molecule has 0 amide bonds. The lowest BCUT2D eigenvalue weighted by molar-refractivity contribution is 0.0920. The van der Waals surface area contributed by atoms with E-state index in [4.69, 9.17) is 0 Å². The smallest absolute Gasteiger partial charge is 0.172 e. The van der Waals surface area contributed by atoms with Crippen LogP contribution in [-0.2, 0) is 0 Å². The normalized spacial score (nSPS) is 12.5. The lowest BCUT2D eigenvalue weighted by atomic mass is 9.97. The number of rotatable bonds is 5. The van der Waals surface area contributed by atoms with E-state index in [0.29, 0.717) is 6.54 Å². The van der Waals surface area contributed by atoms with Gasteiger partial charge in [-0.1, -0.05) is 19.9 Å². The first kappa shape index (κ1) is 13.8. The Morgan fingerprint density at radius 3 is 2.65 bits per heavy atom. The summed E-state index contributed by atoms with van der Waals surface area (Å²) in [4.78, 5) is 11.9. The summed E-state index contributed by atoms with van der Waals surface area (Å²) in [7, 11) is 0. The first-order valence-electron chi connectivity index (χ1n) is 5.68. The number of hydrogen-bond donors (Lipinski definition) is 1. The van der Waals surface area contributed by atoms with Crippen molar-refractivity contribution >= 4 is 5.78 Å². The van der Waals surface area contributed by atoms with Gasteiger partial charge in [-0.2, -0.15) is 0 Å². The Balaban J connectivity index is 2.99. The minimum atomic E-state index is -0.790. The lowest BCUT2D eigenvalue weighted by Gasteiger charge is -2.12. The average Bonchev–Trinajstić information content (AvgIpc) is 2.31. The van der Waals surface area contributed by atoms with Crippen molar-refractivity contribution in [3.8, 4) is 0 Å². The Bertz CT molecular complexity index is 418. The highest BCUT2D eigenvalue weighted by Gasteiger charge is 2.23. The van der Waals surface area contributed by atoms with Crippen molar-refractivity contribution in [3.63, 3.8) is 0 Å². The lowest BCUT2D eigenvalue weighted by Crippen LogP contribution is -2.27. The Hall–Kier alpha value is -1.29. The Labute approximate surface area is 100 Å². The fourth-order valence-electron chi connectivity index (χ4n) is 1.58. The van der Waals surface area contributed by atoms with Crippen LogP contribution in [0.2, 0.25) is 0 Å². The number of Topliss-reactive ketones (excluding diaryl/α,β-unsaturated/α-hetero) is 1. The molecule has 0 saturated carbocycles. The van der Waals surface area contributed by atoms with Crippen LogP contribution >= 0.6 is 0 Å². The maximum atomic E-state index is 13.7. The van der Waals surface area contributed by atoms with Crippen LogP contribution in [0.4, 0.5) is 8.78 Å². The summed E-state index contributed by atoms with van der Waals surface area (Å²) < 4.78 is 27.2. The first-order valence-corrected chi connectivity index (χ1v) is 5.68. The van der Waals surface area contributed by atoms with Crippen LogP contribution in [0.5, 0.6) is 0 Å². The quantitative estimate of drug-likeness (QED) is 0.803. The van der Waals surface area contributed by atoms with Gasteiger partial charge < -0.3 is 5.32 Å². The molecule has 0 saturated heterocycles. The molecule has 1 rings (SSSR count). The number of carbonyl (C=O) groups excluding carboxylic acids is 1. The number of ketones is 1. The molecule has 0 bridgehead atoms. The monoisotopic (exact) mass is 241 g/mol. The molecule has 0 aliphatic carbocycles. The van der Waals surface area contributed by atoms with Gasteiger partial charge >= 0.3 is 0 Å². The van der Waals surface area contributed by atoms with Crippen LogP contribution in [0.15, 0.2) is 12.1 Å². The molecule has 1 aromatic carbocycles. The summed E-state index contributed by atoms with van der Waals surface area (Å²) in [5.41, 5.74) is -0.138. The van der Waals surface area contributed by atoms with Gasteiger partial charge in [-0.15, -0.1) is 0 Å². The van der Waals surface area contributed by atoms with Crippen molar-refractivity contribution in [2.75, 3.05) is 13.1 Å². The van der Waals surface area contributed by atoms with Crippen LogP contribution in [0, 0.1) is 24.5 Å². The van der Waals surface area contributed by atoms with Crippen molar-refractivity contribution in [1.29, 1.82) is 0 Å². The summed E-state index contributed by atoms with van der Waals surface area (Å²) in [6.07, 6.45) is 0. The van der Waals surface area contributed by atoms with Crippen LogP contribution in [0.1, 0.15) is 29.8 Å². The molecule has 1 atom stereocenters. The molecular formula is C13H17F2NO. The summed E-state index contributed by atoms with van der Waals surface area (Å²) in [5, 5.41) is 2.99. The number of hydrogen-bond acceptors (Lipinski definition) is 2. The third kappa shape index (κ3) is 3.09. The van der Waals surface area contributed by atoms with Gasteiger partial charge in [0.1, 0.15) is 11.6 Å². The second-order valence-electron chi connectivity index (χ2n) is 4.13. The van der Waals surface area contributed by atoms with E-state index in [1.54, 1.807) is 6.92 Å². The zero-order valence-corrected chi connectivity index (χ0v) is 10.3. The van der Waals surface area contributed by atoms with Gasteiger partial charge in [-0.05, 0) is 25.1 Å². The van der Waals surface area contributed by atoms with E-state index in [9.17, 15) is 13.6 Å². The van der Waals surface area contributed by atoms with Crippen molar-refractivity contribution in [3.05, 3.63) is 34.9 Å². The van der Waals surface area contributed by atoms with Gasteiger partial charge in [0.2, 0.25) is 0 Å². The fourth-order valence-corrected chi connectivity index (χ4v) is 1.58. The number of benzene rings is 1. The molecule has 0 aliphatic rings. The molecule has 17 heavy (non-hydrogen) atoms. The van der Waals surface area contributed by atoms with Gasteiger partial charge in [0.25, 0.3) is 0 Å². The third-order valence-corrected chi connectivity index (χ3v) is 2.68. The topological polar surface area (TPSA) is 29.1 Å². The van der Waals surface area contributed by atoms with E-state index < -0.39 is 28.9 Å². The highest BCUT2D eigenvalue weighted by Crippen LogP contribution is 2.19. The summed E-state index contributed by atoms with van der Waals surface area (Å²) in [5.74, 6) is -2.48. The van der Waals surface area contributed by atoms with Gasteiger partial charge in [-0.25, -0.2) is 8.78 Å². The van der Waals surface area contributed by atoms with E-state index in [0.717, 1.165) is 12.6 Å². The maximum Gasteiger partial charge on any atom is 0.172 e. The van der Waals surface area contributed by atoms with Crippen molar-refractivity contribution in [2.24, 2.45) is 5.92 Å². The van der Waals surface area contributed by atoms with Crippen LogP contribution in [0.3, 0.4) is 0 Å². The predicted octanol–water partition coefficient (Wildman–Crippen LogP) is 2.70. The summed E-state index contributed by atoms with van der Waals surface area (Å²) >= 11 is 0. The molecule has 4 heteroatoms. The number of carbonyl (C=O) groups is 1. The van der Waals surface area contributed by atoms with E-state index in [1.165, 1.54) is 13.0 Å². The second-order valence-corrected chi connectivity index (χ2v) is 4.13. The highest BCUT2D eigenvalue weighted by molar-refractivity contribution is 5.98. The summed E-state index contributed by atoms with van der Waals surface area (Å²) in [6.45, 7) is 6.22. The zero-order chi connectivity index (χ0) is 13.0. The molecule has 0 fully saturated rings. The van der Waals surface area contributed by atoms with Crippen molar-refractivity contribution < 1.29 is 13.6 Å². The van der Waals surface area contributed by atoms with Crippen molar-refractivity contribution in [2.45, 2.75) is 20.8 Å². The number of nitrogens with one attached hydrogen (secondary N) is 1. The van der Waals surface area contributed by atoms with Crippen LogP contribution < -0.4 is 5.32 Å². The Morgan fingerprint density at radius 1 is 1.41 bits per heavy atom. The van der Waals surface area contributed by atoms with Crippen LogP contribution in [0.25, 0.3) is 0 Å². The van der Waals surface area contributed by atoms with Gasteiger partial charge in [0.05, 0.1) is 5.56 Å². The van der Waals surface area contributed by atoms with Gasteiger partial charge in [-0.3, -0.25) is 4.79 Å². The van der Waals surface area contributed by atoms with Gasteiger partial charge in [0.15, 0.2) is 5.78 Å². The minimum absolute atomic E-state index is 0.283. The van der Waals surface area contributed by atoms with E-state index in [2.05, 4.69) is 5.32 Å². The van der Waals surface area contributed by atoms with Crippen LogP contribution in [-0.4, -0.2) is 18.9 Å². The zero-order valence-electron chi connectivity index (χ0n) is 10.3. The largest absolute Gasteiger partial charge is 0.316 e. The Morgan fingerprint density at radius 2 is 2.06 bits per heavy atom. The predicted molar refractivity (Wildman–Crippen MR) is 63.1 cm³/mol. The van der Waals surface area contributed by atoms with Gasteiger partial charge in [0, 0.05) is 12.5 Å². The molecule has 1 aromatic rings. The van der Waals surface area contributed by atoms with E-state index >= 15 is 0 Å². The highest BCUT2D eigenvalue weighted by atomic mass is 19.1. The van der Waals surface area contributed by atoms with Crippen molar-refractivity contribution in [1.82, 2.24) is 5.32 Å². The Kier molecular flexibility index (Phi) is 4.75. The molecule has 1 N–H and O–H groups in total. The molecule has 0 aromatic heterocycles. The number of aryl methyl sites for hydroxylation is 1. The second kappa shape index (κ2) is 5.87. The third-order valence-electron chi connectivity index (χ3n) is 2.68. The minimum Gasteiger partial charge on any atom is -0.316 e. The molecule has 0 radical (unpaired) electrons. The molecule has 2 nitrogen and oxygen atoms in total. The molecule has 0 spiro atoms. The average molecular weight is 241 g/mol. The SMILES string of the molecule is CCNCC(C)C(=O)c1c(F)ccc(C)c1F. The van der Waals surface area contributed by atoms with E-state index in [1.807, 2.05) is 6.92 Å². The standard InChI is InChI=1S/C13H17F2NO/c1-4-16-7-9(3)13(17)11-10(14)6-5-8(2)12(11)15/h5-6,9,16H,4,7H2,1-3H3. The maximum absolute atomic E-state index is 13.7. The fraction of sp³-hybridized carbons (Fsp3) is 0.462. The number of halogens is 2. The molecule has 94 valence electrons.